The summed E-state index contributed by atoms with van der Waals surface area (Å²) in [6.07, 6.45) is 4.01. The molecule has 2 aromatic carbocycles. The van der Waals surface area contributed by atoms with Crippen molar-refractivity contribution in [1.82, 2.24) is 19.7 Å². The summed E-state index contributed by atoms with van der Waals surface area (Å²) in [5, 5.41) is 12.7. The summed E-state index contributed by atoms with van der Waals surface area (Å²) in [5.41, 5.74) is 1.90. The molecule has 202 valence electrons. The zero-order valence-electron chi connectivity index (χ0n) is 21.4. The van der Waals surface area contributed by atoms with E-state index in [1.165, 1.54) is 5.56 Å². The minimum atomic E-state index is -4.16. The Morgan fingerprint density at radius 2 is 1.70 bits per heavy atom. The molecule has 0 bridgehead atoms. The van der Waals surface area contributed by atoms with Crippen LogP contribution in [0.5, 0.6) is 5.75 Å². The topological polar surface area (TPSA) is 120 Å². The first kappa shape index (κ1) is 27.4. The third-order valence-corrected chi connectivity index (χ3v) is 8.72. The third-order valence-electron chi connectivity index (χ3n) is 7.76. The van der Waals surface area contributed by atoms with Gasteiger partial charge < -0.3 is 15.2 Å². The van der Waals surface area contributed by atoms with E-state index in [-0.39, 0.29) is 6.54 Å². The van der Waals surface area contributed by atoms with Gasteiger partial charge in [-0.1, -0.05) is 42.5 Å². The smallest absolute Gasteiger partial charge is 0.419 e. The number of hydrogen-bond acceptors (Lipinski definition) is 6. The summed E-state index contributed by atoms with van der Waals surface area (Å²) in [4.78, 5) is 13.4. The second-order valence-corrected chi connectivity index (χ2v) is 11.7. The molecule has 1 saturated carbocycles. The van der Waals surface area contributed by atoms with Crippen LogP contribution in [0.3, 0.4) is 0 Å². The Balaban J connectivity index is 1.34. The number of carbonyl (C=O) groups is 1. The van der Waals surface area contributed by atoms with Gasteiger partial charge in [-0.2, -0.15) is 13.1 Å². The first-order valence-electron chi connectivity index (χ1n) is 12.9. The van der Waals surface area contributed by atoms with Crippen molar-refractivity contribution in [3.8, 4) is 5.75 Å². The SMILES string of the molecule is COc1cccc(C2(CNS(=O)(=O)NC(=O)O)CCC(NC3CCN(Cc4ccccc4)CC3)CC2)c1. The predicted molar refractivity (Wildman–Crippen MR) is 143 cm³/mol. The summed E-state index contributed by atoms with van der Waals surface area (Å²) >= 11 is 0. The number of rotatable bonds is 10. The fraction of sp³-hybridized carbons (Fsp3) is 0.519. The first-order chi connectivity index (χ1) is 17.8. The number of piperidine rings is 1. The molecule has 2 fully saturated rings. The van der Waals surface area contributed by atoms with Crippen molar-refractivity contribution in [2.45, 2.75) is 62.6 Å². The number of likely N-dealkylation sites (tertiary alicyclic amines) is 1. The quantitative estimate of drug-likeness (QED) is 0.372. The Hall–Kier alpha value is -2.66. The predicted octanol–water partition coefficient (Wildman–Crippen LogP) is 3.23. The molecule has 0 aromatic heterocycles. The van der Waals surface area contributed by atoms with Crippen molar-refractivity contribution in [2.24, 2.45) is 0 Å². The second kappa shape index (κ2) is 12.3. The van der Waals surface area contributed by atoms with E-state index in [1.807, 2.05) is 24.3 Å². The van der Waals surface area contributed by atoms with Gasteiger partial charge in [-0.3, -0.25) is 4.90 Å². The normalized spacial score (nSPS) is 23.4. The lowest BCUT2D eigenvalue weighted by atomic mass is 9.68. The van der Waals surface area contributed by atoms with E-state index in [2.05, 4.69) is 45.3 Å². The number of carboxylic acid groups (broad SMARTS) is 1. The van der Waals surface area contributed by atoms with E-state index in [0.29, 0.717) is 17.8 Å². The van der Waals surface area contributed by atoms with Crippen LogP contribution in [-0.4, -0.2) is 63.3 Å². The maximum absolute atomic E-state index is 12.2. The molecular weight excluding hydrogens is 492 g/mol. The summed E-state index contributed by atoms with van der Waals surface area (Å²) in [7, 11) is -2.55. The number of nitrogens with one attached hydrogen (secondary N) is 3. The molecule has 9 nitrogen and oxygen atoms in total. The van der Waals surface area contributed by atoms with Gasteiger partial charge in [0, 0.05) is 30.6 Å². The lowest BCUT2D eigenvalue weighted by Gasteiger charge is -2.43. The van der Waals surface area contributed by atoms with Crippen molar-refractivity contribution in [3.05, 3.63) is 65.7 Å². The number of hydrogen-bond donors (Lipinski definition) is 4. The maximum Gasteiger partial charge on any atom is 0.419 e. The van der Waals surface area contributed by atoms with Crippen LogP contribution in [-0.2, 0) is 22.2 Å². The molecule has 1 saturated heterocycles. The summed E-state index contributed by atoms with van der Waals surface area (Å²) in [5.74, 6) is 0.714. The van der Waals surface area contributed by atoms with Crippen LogP contribution >= 0.6 is 0 Å². The van der Waals surface area contributed by atoms with Gasteiger partial charge in [0.2, 0.25) is 0 Å². The maximum atomic E-state index is 12.2. The molecule has 10 heteroatoms. The Bertz CT molecular complexity index is 1130. The molecule has 37 heavy (non-hydrogen) atoms. The van der Waals surface area contributed by atoms with Crippen molar-refractivity contribution < 1.29 is 23.1 Å². The van der Waals surface area contributed by atoms with Gasteiger partial charge >= 0.3 is 16.3 Å². The van der Waals surface area contributed by atoms with Crippen molar-refractivity contribution in [3.63, 3.8) is 0 Å². The van der Waals surface area contributed by atoms with Crippen LogP contribution in [0.4, 0.5) is 4.79 Å². The lowest BCUT2D eigenvalue weighted by molar-refractivity contribution is 0.167. The van der Waals surface area contributed by atoms with Crippen LogP contribution in [0.25, 0.3) is 0 Å². The van der Waals surface area contributed by atoms with E-state index in [9.17, 15) is 13.2 Å². The van der Waals surface area contributed by atoms with Gasteiger partial charge in [-0.05, 0) is 74.9 Å². The average molecular weight is 531 g/mol. The van der Waals surface area contributed by atoms with Gasteiger partial charge in [0.05, 0.1) is 7.11 Å². The van der Waals surface area contributed by atoms with Crippen LogP contribution < -0.4 is 19.5 Å². The van der Waals surface area contributed by atoms with E-state index < -0.39 is 21.7 Å². The highest BCUT2D eigenvalue weighted by Crippen LogP contribution is 2.40. The number of nitrogens with zero attached hydrogens (tertiary/aromatic N) is 1. The van der Waals surface area contributed by atoms with Crippen LogP contribution in [0, 0.1) is 0 Å². The van der Waals surface area contributed by atoms with Gasteiger partial charge in [0.1, 0.15) is 5.75 Å². The van der Waals surface area contributed by atoms with Gasteiger partial charge in [-0.15, -0.1) is 0 Å². The zero-order valence-corrected chi connectivity index (χ0v) is 22.2. The minimum Gasteiger partial charge on any atom is -0.497 e. The van der Waals surface area contributed by atoms with Crippen LogP contribution in [0.15, 0.2) is 54.6 Å². The fourth-order valence-electron chi connectivity index (χ4n) is 5.67. The van der Waals surface area contributed by atoms with Crippen LogP contribution in [0.2, 0.25) is 0 Å². The number of ether oxygens (including phenoxy) is 1. The molecule has 4 N–H and O–H groups in total. The minimum absolute atomic E-state index is 0.118. The van der Waals surface area contributed by atoms with Crippen molar-refractivity contribution in [1.29, 1.82) is 0 Å². The Morgan fingerprint density at radius 1 is 1.03 bits per heavy atom. The van der Waals surface area contributed by atoms with Crippen molar-refractivity contribution >= 4 is 16.3 Å². The standard InChI is InChI=1S/C27H38N4O5S/c1-36-25-9-5-8-22(18-25)27(20-28-37(34,35)30-26(32)33)14-10-23(11-15-27)29-24-12-16-31(17-13-24)19-21-6-3-2-4-7-21/h2-9,18,23-24,28-30H,10-17,19-20H2,1H3,(H,32,33). The van der Waals surface area contributed by atoms with E-state index in [4.69, 9.17) is 9.84 Å². The molecule has 0 atom stereocenters. The lowest BCUT2D eigenvalue weighted by Crippen LogP contribution is -2.51. The van der Waals surface area contributed by atoms with Crippen molar-refractivity contribution in [2.75, 3.05) is 26.7 Å². The zero-order chi connectivity index (χ0) is 26.3. The third kappa shape index (κ3) is 7.67. The number of amides is 1. The molecule has 1 amide bonds. The molecule has 0 radical (unpaired) electrons. The Labute approximate surface area is 219 Å². The van der Waals surface area contributed by atoms with Gasteiger partial charge in [-0.25, -0.2) is 9.52 Å². The van der Waals surface area contributed by atoms with Gasteiger partial charge in [0.25, 0.3) is 0 Å². The summed E-state index contributed by atoms with van der Waals surface area (Å²) in [6.45, 7) is 3.26. The molecule has 1 heterocycles. The molecule has 4 rings (SSSR count). The summed E-state index contributed by atoms with van der Waals surface area (Å²) in [6, 6.07) is 19.2. The largest absolute Gasteiger partial charge is 0.497 e. The molecular formula is C27H38N4O5S. The number of benzene rings is 2. The molecule has 1 aliphatic carbocycles. The summed E-state index contributed by atoms with van der Waals surface area (Å²) < 4.78 is 33.9. The van der Waals surface area contributed by atoms with E-state index in [1.54, 1.807) is 11.8 Å². The monoisotopic (exact) mass is 530 g/mol. The highest BCUT2D eigenvalue weighted by atomic mass is 32.2. The average Bonchev–Trinajstić information content (AvgIpc) is 2.89. The highest BCUT2D eigenvalue weighted by Gasteiger charge is 2.39. The molecule has 0 spiro atoms. The molecule has 2 aromatic rings. The van der Waals surface area contributed by atoms with E-state index in [0.717, 1.165) is 63.7 Å². The fourth-order valence-corrected chi connectivity index (χ4v) is 6.44. The van der Waals surface area contributed by atoms with Gasteiger partial charge in [0.15, 0.2) is 0 Å². The highest BCUT2D eigenvalue weighted by molar-refractivity contribution is 7.88. The molecule has 1 aliphatic heterocycles. The van der Waals surface area contributed by atoms with E-state index >= 15 is 0 Å². The number of methoxy groups -OCH3 is 1. The molecule has 2 aliphatic rings. The second-order valence-electron chi connectivity index (χ2n) is 10.2. The Morgan fingerprint density at radius 3 is 2.35 bits per heavy atom. The Kier molecular flexibility index (Phi) is 9.07. The molecule has 0 unspecified atom stereocenters. The first-order valence-corrected chi connectivity index (χ1v) is 14.4. The van der Waals surface area contributed by atoms with Crippen LogP contribution in [0.1, 0.15) is 49.7 Å².